The van der Waals surface area contributed by atoms with Crippen LogP contribution in [0.4, 0.5) is 41.1 Å². The molecular formula is C27H31F3N8O4S. The normalized spacial score (nSPS) is 17.3. The van der Waals surface area contributed by atoms with Crippen molar-refractivity contribution in [3.05, 3.63) is 65.4 Å². The highest BCUT2D eigenvalue weighted by Gasteiger charge is 2.31. The van der Waals surface area contributed by atoms with Crippen molar-refractivity contribution in [2.24, 2.45) is 0 Å². The third-order valence-electron chi connectivity index (χ3n) is 6.73. The smallest absolute Gasteiger partial charge is 0.379 e. The number of urea groups is 1. The van der Waals surface area contributed by atoms with E-state index in [4.69, 9.17) is 4.74 Å². The van der Waals surface area contributed by atoms with Gasteiger partial charge < -0.3 is 26.0 Å². The van der Waals surface area contributed by atoms with Crippen LogP contribution in [0.3, 0.4) is 0 Å². The highest BCUT2D eigenvalue weighted by Crippen LogP contribution is 2.32. The van der Waals surface area contributed by atoms with Crippen LogP contribution in [0.1, 0.15) is 23.1 Å². The number of carbonyl (C=O) groups is 1. The highest BCUT2D eigenvalue weighted by atomic mass is 32.2. The maximum absolute atomic E-state index is 13.6. The number of nitrogens with one attached hydrogen (secondary N) is 5. The number of aromatic nitrogens is 2. The van der Waals surface area contributed by atoms with Crippen molar-refractivity contribution >= 4 is 39.2 Å². The van der Waals surface area contributed by atoms with Gasteiger partial charge in [-0.05, 0) is 48.4 Å². The van der Waals surface area contributed by atoms with E-state index < -0.39 is 27.8 Å². The molecule has 2 aliphatic heterocycles. The van der Waals surface area contributed by atoms with Crippen LogP contribution in [-0.2, 0) is 34.0 Å². The summed E-state index contributed by atoms with van der Waals surface area (Å²) >= 11 is 0. The Kier molecular flexibility index (Phi) is 9.29. The van der Waals surface area contributed by atoms with Crippen LogP contribution in [-0.4, -0.2) is 68.7 Å². The lowest BCUT2D eigenvalue weighted by molar-refractivity contribution is -0.137. The van der Waals surface area contributed by atoms with Crippen LogP contribution in [0.5, 0.6) is 0 Å². The second-order valence-corrected chi connectivity index (χ2v) is 11.8. The van der Waals surface area contributed by atoms with Gasteiger partial charge in [-0.3, -0.25) is 4.90 Å². The molecule has 1 saturated heterocycles. The number of morpholine rings is 1. The fourth-order valence-electron chi connectivity index (χ4n) is 4.59. The first-order valence-corrected chi connectivity index (χ1v) is 15.1. The topological polar surface area (TPSA) is 150 Å². The Bertz CT molecular complexity index is 1570. The molecule has 0 saturated carbocycles. The lowest BCUT2D eigenvalue weighted by Crippen LogP contribution is -2.35. The molecule has 2 aromatic carbocycles. The number of anilines is 4. The monoisotopic (exact) mass is 620 g/mol. The van der Waals surface area contributed by atoms with Crippen molar-refractivity contribution in [3.8, 4) is 0 Å². The molecular weight excluding hydrogens is 589 g/mol. The van der Waals surface area contributed by atoms with Gasteiger partial charge in [0.15, 0.2) is 0 Å². The molecule has 43 heavy (non-hydrogen) atoms. The van der Waals surface area contributed by atoms with Crippen molar-refractivity contribution in [1.29, 1.82) is 0 Å². The molecule has 1 fully saturated rings. The number of ether oxygens (including phenoxy) is 1. The molecule has 0 atom stereocenters. The van der Waals surface area contributed by atoms with Crippen LogP contribution < -0.4 is 26.0 Å². The number of benzene rings is 2. The number of carbonyl (C=O) groups excluding carboxylic acids is 1. The Morgan fingerprint density at radius 2 is 1.91 bits per heavy atom. The van der Waals surface area contributed by atoms with Gasteiger partial charge in [0.2, 0.25) is 16.0 Å². The third kappa shape index (κ3) is 8.31. The van der Waals surface area contributed by atoms with Gasteiger partial charge in [-0.25, -0.2) is 22.9 Å². The predicted octanol–water partition coefficient (Wildman–Crippen LogP) is 3.49. The summed E-state index contributed by atoms with van der Waals surface area (Å²) in [5.74, 6) is 0.608. The van der Waals surface area contributed by atoms with Crippen molar-refractivity contribution < 1.29 is 31.1 Å². The molecule has 12 nitrogen and oxygen atoms in total. The van der Waals surface area contributed by atoms with Gasteiger partial charge in [0.25, 0.3) is 0 Å². The third-order valence-corrected chi connectivity index (χ3v) is 8.19. The standard InChI is InChI=1S/C27H31F3N8O4S/c28-27(29,30)20-11-18(17-38-7-9-42-10-8-38)12-22(13-20)36-26(39)33-16-19-15-32-25-35-21-3-1-4-23(14-21)43(40,41)34-6-2-5-31-24(19)37-25/h1,3-4,11-15,34H,2,5-10,16-17H2,(H2,33,36,39)(H2,31,32,35,37). The van der Waals surface area contributed by atoms with Gasteiger partial charge in [-0.2, -0.15) is 18.2 Å². The van der Waals surface area contributed by atoms with E-state index in [1.165, 1.54) is 24.4 Å². The zero-order valence-corrected chi connectivity index (χ0v) is 23.8. The molecule has 2 amide bonds. The van der Waals surface area contributed by atoms with E-state index in [9.17, 15) is 26.4 Å². The van der Waals surface area contributed by atoms with Crippen LogP contribution >= 0.6 is 0 Å². The number of nitrogens with zero attached hydrogens (tertiary/aromatic N) is 3. The van der Waals surface area contributed by atoms with Gasteiger partial charge in [-0.15, -0.1) is 0 Å². The minimum absolute atomic E-state index is 0.0138. The fourth-order valence-corrected chi connectivity index (χ4v) is 5.71. The number of amides is 2. The van der Waals surface area contributed by atoms with Gasteiger partial charge in [0.05, 0.1) is 23.7 Å². The van der Waals surface area contributed by atoms with Crippen molar-refractivity contribution in [3.63, 3.8) is 0 Å². The maximum Gasteiger partial charge on any atom is 0.416 e. The first-order valence-electron chi connectivity index (χ1n) is 13.6. The summed E-state index contributed by atoms with van der Waals surface area (Å²) in [6.07, 6.45) is -2.63. The number of fused-ring (bicyclic) bond motifs is 4. The first-order chi connectivity index (χ1) is 20.5. The van der Waals surface area contributed by atoms with E-state index in [1.807, 2.05) is 4.90 Å². The minimum Gasteiger partial charge on any atom is -0.379 e. The lowest BCUT2D eigenvalue weighted by atomic mass is 10.1. The molecule has 4 bridgehead atoms. The van der Waals surface area contributed by atoms with Gasteiger partial charge in [0.1, 0.15) is 5.82 Å². The summed E-state index contributed by atoms with van der Waals surface area (Å²) < 4.78 is 73.9. The summed E-state index contributed by atoms with van der Waals surface area (Å²) in [5, 5.41) is 11.3. The van der Waals surface area contributed by atoms with Gasteiger partial charge >= 0.3 is 12.2 Å². The Labute approximate surface area is 246 Å². The Balaban J connectivity index is 1.28. The Morgan fingerprint density at radius 3 is 2.70 bits per heavy atom. The zero-order valence-electron chi connectivity index (χ0n) is 23.0. The molecule has 2 aliphatic rings. The molecule has 5 rings (SSSR count). The minimum atomic E-state index is -4.58. The predicted molar refractivity (Wildman–Crippen MR) is 153 cm³/mol. The second-order valence-electron chi connectivity index (χ2n) is 10.0. The lowest BCUT2D eigenvalue weighted by Gasteiger charge is -2.27. The fraction of sp³-hybridized carbons (Fsp3) is 0.370. The number of hydrogen-bond acceptors (Lipinski definition) is 9. The number of alkyl halides is 3. The van der Waals surface area contributed by atoms with E-state index in [0.29, 0.717) is 68.4 Å². The second kappa shape index (κ2) is 13.1. The molecule has 0 aliphatic carbocycles. The average molecular weight is 621 g/mol. The number of hydrogen-bond donors (Lipinski definition) is 5. The molecule has 0 radical (unpaired) electrons. The van der Waals surface area contributed by atoms with E-state index in [2.05, 4.69) is 36.0 Å². The summed E-state index contributed by atoms with van der Waals surface area (Å²) in [5.41, 5.74) is 0.564. The van der Waals surface area contributed by atoms with Crippen molar-refractivity contribution in [2.45, 2.75) is 30.6 Å². The largest absolute Gasteiger partial charge is 0.416 e. The molecule has 3 aromatic rings. The van der Waals surface area contributed by atoms with Gasteiger partial charge in [0, 0.05) is 62.4 Å². The van der Waals surface area contributed by atoms with E-state index in [0.717, 1.165) is 12.1 Å². The molecule has 0 spiro atoms. The van der Waals surface area contributed by atoms with Crippen molar-refractivity contribution in [2.75, 3.05) is 55.3 Å². The highest BCUT2D eigenvalue weighted by molar-refractivity contribution is 7.89. The van der Waals surface area contributed by atoms with Crippen LogP contribution in [0.15, 0.2) is 53.6 Å². The summed E-state index contributed by atoms with van der Waals surface area (Å²) in [4.78, 5) is 23.6. The average Bonchev–Trinajstić information content (AvgIpc) is 2.96. The quantitative estimate of drug-likeness (QED) is 0.289. The van der Waals surface area contributed by atoms with Gasteiger partial charge in [-0.1, -0.05) is 6.07 Å². The molecule has 16 heteroatoms. The summed E-state index contributed by atoms with van der Waals surface area (Å²) in [6.45, 7) is 3.05. The molecule has 0 unspecified atom stereocenters. The van der Waals surface area contributed by atoms with E-state index >= 15 is 0 Å². The number of sulfonamides is 1. The summed E-state index contributed by atoms with van der Waals surface area (Å²) in [7, 11) is -3.69. The molecule has 1 aromatic heterocycles. The number of halogens is 3. The molecule has 230 valence electrons. The van der Waals surface area contributed by atoms with Crippen LogP contribution in [0.25, 0.3) is 0 Å². The Hall–Kier alpha value is -3.99. The SMILES string of the molecule is O=C(NCc1cnc2nc1NCCCNS(=O)(=O)c1cccc(c1)N2)Nc1cc(CN2CCOCC2)cc(C(F)(F)F)c1. The van der Waals surface area contributed by atoms with E-state index in [1.54, 1.807) is 12.1 Å². The Morgan fingerprint density at radius 1 is 1.09 bits per heavy atom. The molecule has 5 N–H and O–H groups in total. The van der Waals surface area contributed by atoms with E-state index in [-0.39, 0.29) is 29.6 Å². The maximum atomic E-state index is 13.6. The van der Waals surface area contributed by atoms with Crippen LogP contribution in [0.2, 0.25) is 0 Å². The first kappa shape index (κ1) is 30.5. The van der Waals surface area contributed by atoms with Crippen molar-refractivity contribution in [1.82, 2.24) is 24.9 Å². The molecule has 3 heterocycles. The summed E-state index contributed by atoms with van der Waals surface area (Å²) in [6, 6.07) is 9.04. The van der Waals surface area contributed by atoms with Crippen LogP contribution in [0, 0.1) is 0 Å². The zero-order chi connectivity index (χ0) is 30.5. The number of rotatable bonds is 5.